The Labute approximate surface area is 117 Å². The van der Waals surface area contributed by atoms with Crippen molar-refractivity contribution < 1.29 is 8.42 Å². The lowest BCUT2D eigenvalue weighted by atomic mass is 10.2. The topological polar surface area (TPSA) is 74.8 Å². The third-order valence-corrected chi connectivity index (χ3v) is 4.56. The number of halogens is 1. The number of benzene rings is 1. The number of nitrogens with zero attached hydrogens (tertiary/aromatic N) is 1. The van der Waals surface area contributed by atoms with Crippen LogP contribution >= 0.6 is 11.6 Å². The van der Waals surface area contributed by atoms with Crippen molar-refractivity contribution in [3.05, 3.63) is 46.7 Å². The Morgan fingerprint density at radius 2 is 2.16 bits per heavy atom. The van der Waals surface area contributed by atoms with Crippen LogP contribution in [0.4, 0.5) is 0 Å². The molecule has 0 aliphatic rings. The molecular weight excluding hydrogens is 286 g/mol. The molecule has 5 nitrogen and oxygen atoms in total. The summed E-state index contributed by atoms with van der Waals surface area (Å²) in [4.78, 5) is 0.174. The number of nitrogens with one attached hydrogen (secondary N) is 2. The standard InChI is InChI=1S/C12H14ClN3O2S/c1-9-2-3-11(8-12(9)13)19(17,18)15-7-5-10-4-6-14-16-10/h2-4,6,8,15H,5,7H2,1H3,(H,14,16). The van der Waals surface area contributed by atoms with Gasteiger partial charge in [-0.05, 0) is 30.7 Å². The summed E-state index contributed by atoms with van der Waals surface area (Å²) in [7, 11) is -3.52. The Kier molecular flexibility index (Phi) is 4.24. The molecule has 0 aliphatic carbocycles. The van der Waals surface area contributed by atoms with Gasteiger partial charge in [-0.1, -0.05) is 17.7 Å². The van der Waals surface area contributed by atoms with Crippen LogP contribution in [0.1, 0.15) is 11.3 Å². The average molecular weight is 300 g/mol. The minimum absolute atomic E-state index is 0.174. The highest BCUT2D eigenvalue weighted by Crippen LogP contribution is 2.19. The monoisotopic (exact) mass is 299 g/mol. The van der Waals surface area contributed by atoms with E-state index in [0.29, 0.717) is 18.0 Å². The summed E-state index contributed by atoms with van der Waals surface area (Å²) < 4.78 is 26.6. The first kappa shape index (κ1) is 14.0. The van der Waals surface area contributed by atoms with Crippen LogP contribution in [0, 0.1) is 6.92 Å². The van der Waals surface area contributed by atoms with Gasteiger partial charge in [-0.3, -0.25) is 5.10 Å². The van der Waals surface area contributed by atoms with E-state index in [1.807, 2.05) is 6.92 Å². The Bertz CT molecular complexity index is 654. The normalized spacial score (nSPS) is 11.7. The SMILES string of the molecule is Cc1ccc(S(=O)(=O)NCCc2ccn[nH]2)cc1Cl. The lowest BCUT2D eigenvalue weighted by Gasteiger charge is -2.07. The molecule has 2 rings (SSSR count). The van der Waals surface area contributed by atoms with Gasteiger partial charge in [0.05, 0.1) is 4.90 Å². The summed E-state index contributed by atoms with van der Waals surface area (Å²) in [6.07, 6.45) is 2.18. The molecule has 1 aromatic heterocycles. The lowest BCUT2D eigenvalue weighted by molar-refractivity contribution is 0.581. The fourth-order valence-electron chi connectivity index (χ4n) is 1.57. The van der Waals surface area contributed by atoms with Gasteiger partial charge < -0.3 is 0 Å². The van der Waals surface area contributed by atoms with E-state index in [9.17, 15) is 8.42 Å². The maximum atomic E-state index is 12.0. The van der Waals surface area contributed by atoms with Crippen molar-refractivity contribution in [2.24, 2.45) is 0 Å². The fourth-order valence-corrected chi connectivity index (χ4v) is 2.87. The van der Waals surface area contributed by atoms with E-state index in [1.54, 1.807) is 24.4 Å². The number of sulfonamides is 1. The molecule has 2 N–H and O–H groups in total. The quantitative estimate of drug-likeness (QED) is 0.885. The summed E-state index contributed by atoms with van der Waals surface area (Å²) in [6, 6.07) is 6.48. The van der Waals surface area contributed by atoms with Gasteiger partial charge in [0.2, 0.25) is 10.0 Å². The Hall–Kier alpha value is -1.37. The molecule has 0 saturated carbocycles. The molecule has 0 amide bonds. The minimum atomic E-state index is -3.52. The van der Waals surface area contributed by atoms with E-state index in [1.165, 1.54) is 6.07 Å². The Morgan fingerprint density at radius 1 is 1.37 bits per heavy atom. The summed E-state index contributed by atoms with van der Waals surface area (Å²) in [5.41, 5.74) is 1.72. The van der Waals surface area contributed by atoms with Gasteiger partial charge in [-0.25, -0.2) is 13.1 Å². The van der Waals surface area contributed by atoms with Crippen molar-refractivity contribution in [1.82, 2.24) is 14.9 Å². The predicted molar refractivity (Wildman–Crippen MR) is 73.7 cm³/mol. The van der Waals surface area contributed by atoms with Crippen LogP contribution in [-0.4, -0.2) is 25.2 Å². The summed E-state index contributed by atoms with van der Waals surface area (Å²) in [5.74, 6) is 0. The second-order valence-electron chi connectivity index (χ2n) is 4.14. The van der Waals surface area contributed by atoms with Crippen molar-refractivity contribution in [2.45, 2.75) is 18.2 Å². The molecule has 0 spiro atoms. The molecular formula is C12H14ClN3O2S. The Balaban J connectivity index is 2.03. The second kappa shape index (κ2) is 5.73. The molecule has 0 unspecified atom stereocenters. The number of aryl methyl sites for hydroxylation is 1. The average Bonchev–Trinajstić information content (AvgIpc) is 2.85. The predicted octanol–water partition coefficient (Wildman–Crippen LogP) is 1.89. The highest BCUT2D eigenvalue weighted by atomic mass is 35.5. The summed E-state index contributed by atoms with van der Waals surface area (Å²) in [5, 5.41) is 7.01. The van der Waals surface area contributed by atoms with E-state index >= 15 is 0 Å². The lowest BCUT2D eigenvalue weighted by Crippen LogP contribution is -2.26. The van der Waals surface area contributed by atoms with Crippen LogP contribution in [0.2, 0.25) is 5.02 Å². The van der Waals surface area contributed by atoms with Crippen LogP contribution in [0.25, 0.3) is 0 Å². The summed E-state index contributed by atoms with van der Waals surface area (Å²) >= 11 is 5.93. The highest BCUT2D eigenvalue weighted by molar-refractivity contribution is 7.89. The molecule has 19 heavy (non-hydrogen) atoms. The van der Waals surface area contributed by atoms with Gasteiger partial charge in [0.1, 0.15) is 0 Å². The smallest absolute Gasteiger partial charge is 0.240 e. The molecule has 0 radical (unpaired) electrons. The van der Waals surface area contributed by atoms with Crippen LogP contribution in [0.5, 0.6) is 0 Å². The minimum Gasteiger partial charge on any atom is -0.283 e. The van der Waals surface area contributed by atoms with Gasteiger partial charge in [0.25, 0.3) is 0 Å². The van der Waals surface area contributed by atoms with Crippen LogP contribution in [0.3, 0.4) is 0 Å². The van der Waals surface area contributed by atoms with Gasteiger partial charge in [-0.2, -0.15) is 5.10 Å². The molecule has 0 aliphatic heterocycles. The first-order valence-electron chi connectivity index (χ1n) is 5.73. The van der Waals surface area contributed by atoms with E-state index in [4.69, 9.17) is 11.6 Å². The molecule has 0 saturated heterocycles. The van der Waals surface area contributed by atoms with Crippen molar-refractivity contribution in [1.29, 1.82) is 0 Å². The molecule has 1 aromatic carbocycles. The van der Waals surface area contributed by atoms with Crippen LogP contribution < -0.4 is 4.72 Å². The van der Waals surface area contributed by atoms with Gasteiger partial charge in [0.15, 0.2) is 0 Å². The third-order valence-electron chi connectivity index (χ3n) is 2.70. The number of rotatable bonds is 5. The Morgan fingerprint density at radius 3 is 2.79 bits per heavy atom. The maximum Gasteiger partial charge on any atom is 0.240 e. The second-order valence-corrected chi connectivity index (χ2v) is 6.31. The van der Waals surface area contributed by atoms with Crippen molar-refractivity contribution in [3.63, 3.8) is 0 Å². The van der Waals surface area contributed by atoms with Crippen LogP contribution in [0.15, 0.2) is 35.4 Å². The molecule has 0 bridgehead atoms. The fraction of sp³-hybridized carbons (Fsp3) is 0.250. The molecule has 0 atom stereocenters. The zero-order valence-corrected chi connectivity index (χ0v) is 11.9. The molecule has 7 heteroatoms. The van der Waals surface area contributed by atoms with Gasteiger partial charge >= 0.3 is 0 Å². The maximum absolute atomic E-state index is 12.0. The number of hydrogen-bond donors (Lipinski definition) is 2. The number of aromatic nitrogens is 2. The summed E-state index contributed by atoms with van der Waals surface area (Å²) in [6.45, 7) is 2.13. The third kappa shape index (κ3) is 3.56. The van der Waals surface area contributed by atoms with Crippen LogP contribution in [-0.2, 0) is 16.4 Å². The van der Waals surface area contributed by atoms with E-state index in [0.717, 1.165) is 11.3 Å². The molecule has 0 fully saturated rings. The van der Waals surface area contributed by atoms with Crippen molar-refractivity contribution >= 4 is 21.6 Å². The first-order valence-corrected chi connectivity index (χ1v) is 7.59. The zero-order chi connectivity index (χ0) is 13.9. The van der Waals surface area contributed by atoms with Gasteiger partial charge in [-0.15, -0.1) is 0 Å². The first-order chi connectivity index (χ1) is 8.99. The van der Waals surface area contributed by atoms with E-state index < -0.39 is 10.0 Å². The largest absolute Gasteiger partial charge is 0.283 e. The van der Waals surface area contributed by atoms with E-state index in [2.05, 4.69) is 14.9 Å². The van der Waals surface area contributed by atoms with Crippen molar-refractivity contribution in [2.75, 3.05) is 6.54 Å². The number of hydrogen-bond acceptors (Lipinski definition) is 3. The molecule has 102 valence electrons. The number of aromatic amines is 1. The zero-order valence-electron chi connectivity index (χ0n) is 10.4. The van der Waals surface area contributed by atoms with Crippen molar-refractivity contribution in [3.8, 4) is 0 Å². The number of H-pyrrole nitrogens is 1. The molecule has 1 heterocycles. The highest BCUT2D eigenvalue weighted by Gasteiger charge is 2.14. The molecule has 2 aromatic rings. The van der Waals surface area contributed by atoms with Gasteiger partial charge in [0, 0.05) is 29.9 Å². The van der Waals surface area contributed by atoms with E-state index in [-0.39, 0.29) is 4.90 Å².